The van der Waals surface area contributed by atoms with Crippen molar-refractivity contribution in [3.05, 3.63) is 11.3 Å². The second kappa shape index (κ2) is 7.56. The minimum Gasteiger partial charge on any atom is -0.461 e. The number of alkyl carbamates (subject to hydrolysis) is 1. The first-order chi connectivity index (χ1) is 12.0. The van der Waals surface area contributed by atoms with Gasteiger partial charge in [0, 0.05) is 18.2 Å². The molecule has 2 aliphatic heterocycles. The molecule has 0 radical (unpaired) electrons. The van der Waals surface area contributed by atoms with E-state index in [9.17, 15) is 19.2 Å². The molecule has 0 unspecified atom stereocenters. The van der Waals surface area contributed by atoms with Gasteiger partial charge in [0.2, 0.25) is 0 Å². The fraction of sp³-hybridized carbons (Fsp3) is 0.625. The Labute approximate surface area is 155 Å². The number of esters is 2. The number of ether oxygens (including phenoxy) is 3. The predicted molar refractivity (Wildman–Crippen MR) is 91.9 cm³/mol. The van der Waals surface area contributed by atoms with Gasteiger partial charge in [-0.2, -0.15) is 0 Å². The maximum atomic E-state index is 12.7. The van der Waals surface area contributed by atoms with Crippen molar-refractivity contribution in [2.24, 2.45) is 0 Å². The monoisotopic (exact) mass is 386 g/mol. The van der Waals surface area contributed by atoms with Crippen LogP contribution in [0.1, 0.15) is 27.7 Å². The lowest BCUT2D eigenvalue weighted by atomic mass is 10.0. The second-order valence-electron chi connectivity index (χ2n) is 6.76. The maximum absolute atomic E-state index is 12.7. The van der Waals surface area contributed by atoms with Gasteiger partial charge in [-0.15, -0.1) is 11.8 Å². The van der Waals surface area contributed by atoms with Crippen LogP contribution in [0.25, 0.3) is 0 Å². The Bertz CT molecular complexity index is 668. The van der Waals surface area contributed by atoms with Crippen LogP contribution in [0.15, 0.2) is 11.3 Å². The molecule has 1 saturated heterocycles. The third-order valence-corrected chi connectivity index (χ3v) is 4.89. The molecule has 9 nitrogen and oxygen atoms in total. The summed E-state index contributed by atoms with van der Waals surface area (Å²) in [5.41, 5.74) is -0.202. The smallest absolute Gasteiger partial charge is 0.407 e. The van der Waals surface area contributed by atoms with Gasteiger partial charge in [0.05, 0.1) is 7.11 Å². The van der Waals surface area contributed by atoms with E-state index in [2.05, 4.69) is 10.1 Å². The van der Waals surface area contributed by atoms with Gasteiger partial charge in [0.25, 0.3) is 5.91 Å². The molecule has 2 atom stereocenters. The number of hydrogen-bond donors (Lipinski definition) is 1. The van der Waals surface area contributed by atoms with Gasteiger partial charge in [0.1, 0.15) is 29.3 Å². The summed E-state index contributed by atoms with van der Waals surface area (Å²) in [4.78, 5) is 49.0. The summed E-state index contributed by atoms with van der Waals surface area (Å²) in [5.74, 6) is -1.26. The third-order valence-electron chi connectivity index (χ3n) is 3.55. The minimum atomic E-state index is -0.792. The van der Waals surface area contributed by atoms with E-state index in [4.69, 9.17) is 9.47 Å². The van der Waals surface area contributed by atoms with Crippen molar-refractivity contribution in [3.8, 4) is 0 Å². The molecule has 0 spiro atoms. The van der Waals surface area contributed by atoms with Gasteiger partial charge < -0.3 is 19.5 Å². The van der Waals surface area contributed by atoms with Crippen molar-refractivity contribution in [3.63, 3.8) is 0 Å². The van der Waals surface area contributed by atoms with E-state index in [-0.39, 0.29) is 12.3 Å². The van der Waals surface area contributed by atoms with Crippen LogP contribution in [0.5, 0.6) is 0 Å². The fourth-order valence-electron chi connectivity index (χ4n) is 2.48. The maximum Gasteiger partial charge on any atom is 0.407 e. The highest BCUT2D eigenvalue weighted by atomic mass is 32.2. The van der Waals surface area contributed by atoms with E-state index in [0.717, 1.165) is 0 Å². The first kappa shape index (κ1) is 20.1. The topological polar surface area (TPSA) is 111 Å². The van der Waals surface area contributed by atoms with Crippen molar-refractivity contribution in [1.82, 2.24) is 10.2 Å². The zero-order chi connectivity index (χ0) is 19.6. The predicted octanol–water partition coefficient (Wildman–Crippen LogP) is 0.785. The Morgan fingerprint density at radius 2 is 1.96 bits per heavy atom. The van der Waals surface area contributed by atoms with Crippen LogP contribution in [0.4, 0.5) is 4.79 Å². The Kier molecular flexibility index (Phi) is 5.84. The summed E-state index contributed by atoms with van der Waals surface area (Å²) in [6.45, 7) is 6.30. The van der Waals surface area contributed by atoms with Crippen molar-refractivity contribution in [2.75, 3.05) is 19.5 Å². The van der Waals surface area contributed by atoms with Crippen molar-refractivity contribution in [1.29, 1.82) is 0 Å². The number of carbonyl (C=O) groups excluding carboxylic acids is 4. The highest BCUT2D eigenvalue weighted by Gasteiger charge is 2.55. The molecular weight excluding hydrogens is 364 g/mol. The van der Waals surface area contributed by atoms with E-state index in [0.29, 0.717) is 11.3 Å². The number of nitrogens with one attached hydrogen (secondary N) is 1. The molecule has 1 fully saturated rings. The molecule has 0 aromatic rings. The number of rotatable bonds is 4. The quantitative estimate of drug-likeness (QED) is 0.429. The summed E-state index contributed by atoms with van der Waals surface area (Å²) in [5, 5.41) is 2.00. The van der Waals surface area contributed by atoms with E-state index in [1.807, 2.05) is 0 Å². The number of nitrogens with zero attached hydrogens (tertiary/aromatic N) is 1. The number of hydrogen-bond acceptors (Lipinski definition) is 8. The number of fused-ring (bicyclic) bond motifs is 1. The molecule has 2 heterocycles. The first-order valence-corrected chi connectivity index (χ1v) is 8.98. The van der Waals surface area contributed by atoms with Gasteiger partial charge >= 0.3 is 18.0 Å². The molecule has 0 bridgehead atoms. The van der Waals surface area contributed by atoms with Crippen LogP contribution >= 0.6 is 11.8 Å². The molecular formula is C16H22N2O7S. The Balaban J connectivity index is 2.28. The van der Waals surface area contributed by atoms with E-state index in [1.165, 1.54) is 30.7 Å². The number of methoxy groups -OCH3 is 1. The zero-order valence-electron chi connectivity index (χ0n) is 15.3. The number of thioether (sulfide) groups is 1. The van der Waals surface area contributed by atoms with Crippen molar-refractivity contribution >= 4 is 35.7 Å². The Morgan fingerprint density at radius 3 is 2.50 bits per heavy atom. The van der Waals surface area contributed by atoms with Gasteiger partial charge in [-0.3, -0.25) is 14.5 Å². The second-order valence-corrected chi connectivity index (χ2v) is 7.86. The number of amides is 2. The van der Waals surface area contributed by atoms with E-state index in [1.54, 1.807) is 20.8 Å². The van der Waals surface area contributed by atoms with Crippen LogP contribution in [0.2, 0.25) is 0 Å². The van der Waals surface area contributed by atoms with Crippen molar-refractivity contribution in [2.45, 2.75) is 44.7 Å². The van der Waals surface area contributed by atoms with Gasteiger partial charge in [-0.1, -0.05) is 0 Å². The van der Waals surface area contributed by atoms with Gasteiger partial charge in [-0.25, -0.2) is 9.59 Å². The number of β-lactam (4-membered cyclic amide) rings is 1. The lowest BCUT2D eigenvalue weighted by Crippen LogP contribution is -2.70. The molecule has 2 aliphatic rings. The van der Waals surface area contributed by atoms with Gasteiger partial charge in [-0.05, 0) is 20.8 Å². The lowest BCUT2D eigenvalue weighted by Gasteiger charge is -2.49. The van der Waals surface area contributed by atoms with Crippen LogP contribution in [-0.4, -0.2) is 65.3 Å². The summed E-state index contributed by atoms with van der Waals surface area (Å²) >= 11 is 1.35. The SMILES string of the molecule is COC(=O)N[C@H]1C(=O)N2C(C(=O)OC(C)(C)C)=C(COC(C)=O)CS[C@H]12. The summed E-state index contributed by atoms with van der Waals surface area (Å²) in [7, 11) is 1.20. The molecule has 0 aromatic heterocycles. The molecule has 0 saturated carbocycles. The molecule has 0 aliphatic carbocycles. The van der Waals surface area contributed by atoms with Crippen molar-refractivity contribution < 1.29 is 33.4 Å². The molecule has 2 amide bonds. The number of carbonyl (C=O) groups is 4. The molecule has 10 heteroatoms. The van der Waals surface area contributed by atoms with Gasteiger partial charge in [0.15, 0.2) is 0 Å². The highest BCUT2D eigenvalue weighted by Crippen LogP contribution is 2.41. The Hall–Kier alpha value is -2.23. The van der Waals surface area contributed by atoms with E-state index < -0.39 is 41.0 Å². The molecule has 0 aromatic carbocycles. The molecule has 26 heavy (non-hydrogen) atoms. The fourth-order valence-corrected chi connectivity index (χ4v) is 3.81. The molecule has 144 valence electrons. The van der Waals surface area contributed by atoms with Crippen LogP contribution in [0, 0.1) is 0 Å². The van der Waals surface area contributed by atoms with Crippen LogP contribution in [-0.2, 0) is 28.6 Å². The minimum absolute atomic E-state index is 0.0674. The standard InChI is InChI=1S/C16H22N2O7S/c1-8(19)24-6-9-7-26-13-10(17-15(22)23-5)12(20)18(13)11(9)14(21)25-16(2,3)4/h10,13H,6-7H2,1-5H3,(H,17,22)/t10-,13+/m0/s1. The average molecular weight is 386 g/mol. The summed E-state index contributed by atoms with van der Waals surface area (Å²) < 4.78 is 14.9. The zero-order valence-corrected chi connectivity index (χ0v) is 16.1. The largest absolute Gasteiger partial charge is 0.461 e. The van der Waals surface area contributed by atoms with Crippen LogP contribution in [0.3, 0.4) is 0 Å². The molecule has 1 N–H and O–H groups in total. The van der Waals surface area contributed by atoms with E-state index >= 15 is 0 Å². The third kappa shape index (κ3) is 4.29. The van der Waals surface area contributed by atoms with Crippen LogP contribution < -0.4 is 5.32 Å². The Morgan fingerprint density at radius 1 is 1.31 bits per heavy atom. The summed E-state index contributed by atoms with van der Waals surface area (Å²) in [6, 6.07) is -0.792. The highest BCUT2D eigenvalue weighted by molar-refractivity contribution is 8.00. The normalized spacial score (nSPS) is 22.2. The molecule has 2 rings (SSSR count). The lowest BCUT2D eigenvalue weighted by molar-refractivity contribution is -0.158. The average Bonchev–Trinajstić information content (AvgIpc) is 2.54. The summed E-state index contributed by atoms with van der Waals surface area (Å²) in [6.07, 6.45) is -0.725. The first-order valence-electron chi connectivity index (χ1n) is 7.93.